The number of aromatic amines is 1. The largest absolute Gasteiger partial charge is 0.376 e. The lowest BCUT2D eigenvalue weighted by Crippen LogP contribution is -2.43. The Bertz CT molecular complexity index is 575. The van der Waals surface area contributed by atoms with Crippen LogP contribution in [0.2, 0.25) is 0 Å². The Balaban J connectivity index is 1.90. The predicted molar refractivity (Wildman–Crippen MR) is 91.8 cm³/mol. The lowest BCUT2D eigenvalue weighted by atomic mass is 9.82. The number of nitrogens with one attached hydrogen (secondary N) is 2. The van der Waals surface area contributed by atoms with Gasteiger partial charge in [0.2, 0.25) is 5.91 Å². The summed E-state index contributed by atoms with van der Waals surface area (Å²) in [6, 6.07) is 12.0. The van der Waals surface area contributed by atoms with Gasteiger partial charge in [-0.3, -0.25) is 4.79 Å². The molecule has 0 fully saturated rings. The van der Waals surface area contributed by atoms with Crippen molar-refractivity contribution in [2.45, 2.75) is 39.8 Å². The molecule has 1 heterocycles. The number of aromatic nitrogens is 1. The summed E-state index contributed by atoms with van der Waals surface area (Å²) >= 11 is 0. The molecule has 0 spiro atoms. The van der Waals surface area contributed by atoms with Gasteiger partial charge in [0.25, 0.3) is 0 Å². The quantitative estimate of drug-likeness (QED) is 0.742. The van der Waals surface area contributed by atoms with Crippen LogP contribution in [0.25, 0.3) is 0 Å². The number of hydrogen-bond acceptors (Lipinski definition) is 2. The SMILES string of the molecule is CCC(CC)(COCc1ccccc1)C(=O)NCc1cc[nH]c1. The molecule has 0 aliphatic rings. The van der Waals surface area contributed by atoms with Crippen LogP contribution >= 0.6 is 0 Å². The first-order valence-corrected chi connectivity index (χ1v) is 8.22. The molecule has 124 valence electrons. The third-order valence-corrected chi connectivity index (χ3v) is 4.44. The second-order valence-electron chi connectivity index (χ2n) is 5.87. The fourth-order valence-electron chi connectivity index (χ4n) is 2.62. The monoisotopic (exact) mass is 314 g/mol. The molecule has 0 bridgehead atoms. The Hall–Kier alpha value is -2.07. The predicted octanol–water partition coefficient (Wildman–Crippen LogP) is 3.65. The maximum atomic E-state index is 12.7. The van der Waals surface area contributed by atoms with E-state index in [0.29, 0.717) is 19.8 Å². The molecular formula is C19H26N2O2. The van der Waals surface area contributed by atoms with Crippen LogP contribution in [-0.2, 0) is 22.7 Å². The number of rotatable bonds is 9. The molecule has 2 rings (SSSR count). The van der Waals surface area contributed by atoms with E-state index in [1.165, 1.54) is 0 Å². The van der Waals surface area contributed by atoms with E-state index in [4.69, 9.17) is 4.74 Å². The molecule has 2 aromatic rings. The van der Waals surface area contributed by atoms with Crippen LogP contribution in [0, 0.1) is 5.41 Å². The van der Waals surface area contributed by atoms with Crippen molar-refractivity contribution in [3.8, 4) is 0 Å². The minimum Gasteiger partial charge on any atom is -0.376 e. The van der Waals surface area contributed by atoms with Crippen molar-refractivity contribution < 1.29 is 9.53 Å². The lowest BCUT2D eigenvalue weighted by molar-refractivity contribution is -0.136. The average Bonchev–Trinajstić information content (AvgIpc) is 3.11. The maximum absolute atomic E-state index is 12.7. The van der Waals surface area contributed by atoms with Crippen LogP contribution in [-0.4, -0.2) is 17.5 Å². The standard InChI is InChI=1S/C19H26N2O2/c1-3-19(4-2,15-23-14-16-8-6-5-7-9-16)18(22)21-13-17-10-11-20-12-17/h5-12,20H,3-4,13-15H2,1-2H3,(H,21,22). The van der Waals surface area contributed by atoms with Gasteiger partial charge >= 0.3 is 0 Å². The number of ether oxygens (including phenoxy) is 1. The molecule has 0 aliphatic heterocycles. The molecule has 0 saturated carbocycles. The third kappa shape index (κ3) is 4.70. The second kappa shape index (κ2) is 8.53. The maximum Gasteiger partial charge on any atom is 0.228 e. The van der Waals surface area contributed by atoms with E-state index in [2.05, 4.69) is 10.3 Å². The van der Waals surface area contributed by atoms with Gasteiger partial charge in [-0.2, -0.15) is 0 Å². The molecule has 0 aliphatic carbocycles. The van der Waals surface area contributed by atoms with Crippen molar-refractivity contribution in [2.24, 2.45) is 5.41 Å². The Morgan fingerprint density at radius 3 is 2.48 bits per heavy atom. The van der Waals surface area contributed by atoms with Gasteiger partial charge in [-0.25, -0.2) is 0 Å². The van der Waals surface area contributed by atoms with Gasteiger partial charge in [0.15, 0.2) is 0 Å². The zero-order valence-electron chi connectivity index (χ0n) is 14.0. The fourth-order valence-corrected chi connectivity index (χ4v) is 2.62. The van der Waals surface area contributed by atoms with E-state index in [-0.39, 0.29) is 5.91 Å². The van der Waals surface area contributed by atoms with E-state index in [1.54, 1.807) is 0 Å². The fraction of sp³-hybridized carbons (Fsp3) is 0.421. The van der Waals surface area contributed by atoms with Crippen molar-refractivity contribution >= 4 is 5.91 Å². The highest BCUT2D eigenvalue weighted by molar-refractivity contribution is 5.82. The molecule has 1 amide bonds. The molecule has 1 aromatic carbocycles. The van der Waals surface area contributed by atoms with Gasteiger partial charge in [0, 0.05) is 18.9 Å². The first kappa shape index (κ1) is 17.3. The lowest BCUT2D eigenvalue weighted by Gasteiger charge is -2.30. The van der Waals surface area contributed by atoms with E-state index >= 15 is 0 Å². The summed E-state index contributed by atoms with van der Waals surface area (Å²) < 4.78 is 5.86. The minimum atomic E-state index is -0.467. The molecule has 4 nitrogen and oxygen atoms in total. The second-order valence-corrected chi connectivity index (χ2v) is 5.87. The van der Waals surface area contributed by atoms with Crippen LogP contribution in [0.15, 0.2) is 48.8 Å². The van der Waals surface area contributed by atoms with Crippen LogP contribution in [0.3, 0.4) is 0 Å². The van der Waals surface area contributed by atoms with Gasteiger partial charge < -0.3 is 15.0 Å². The topological polar surface area (TPSA) is 54.1 Å². The van der Waals surface area contributed by atoms with Gasteiger partial charge in [0.1, 0.15) is 0 Å². The number of amides is 1. The summed E-state index contributed by atoms with van der Waals surface area (Å²) in [5.41, 5.74) is 1.73. The average molecular weight is 314 g/mol. The van der Waals surface area contributed by atoms with Gasteiger partial charge in [-0.15, -0.1) is 0 Å². The summed E-state index contributed by atoms with van der Waals surface area (Å²) in [6.45, 7) is 5.61. The number of hydrogen-bond donors (Lipinski definition) is 2. The van der Waals surface area contributed by atoms with E-state index in [1.807, 2.05) is 62.6 Å². The molecule has 0 radical (unpaired) electrons. The Morgan fingerprint density at radius 2 is 1.87 bits per heavy atom. The van der Waals surface area contributed by atoms with Gasteiger partial charge in [-0.1, -0.05) is 44.2 Å². The van der Waals surface area contributed by atoms with Crippen molar-refractivity contribution in [1.29, 1.82) is 0 Å². The summed E-state index contributed by atoms with van der Waals surface area (Å²) in [5.74, 6) is 0.0664. The first-order chi connectivity index (χ1) is 11.2. The molecule has 2 N–H and O–H groups in total. The number of benzene rings is 1. The summed E-state index contributed by atoms with van der Waals surface area (Å²) in [4.78, 5) is 15.7. The normalized spacial score (nSPS) is 11.4. The highest BCUT2D eigenvalue weighted by Crippen LogP contribution is 2.27. The van der Waals surface area contributed by atoms with Gasteiger partial charge in [-0.05, 0) is 30.0 Å². The highest BCUT2D eigenvalue weighted by atomic mass is 16.5. The third-order valence-electron chi connectivity index (χ3n) is 4.44. The van der Waals surface area contributed by atoms with Crippen LogP contribution < -0.4 is 5.32 Å². The van der Waals surface area contributed by atoms with Gasteiger partial charge in [0.05, 0.1) is 18.6 Å². The molecule has 23 heavy (non-hydrogen) atoms. The molecule has 4 heteroatoms. The molecule has 0 saturated heterocycles. The molecule has 1 aromatic heterocycles. The Kier molecular flexibility index (Phi) is 6.41. The van der Waals surface area contributed by atoms with Crippen LogP contribution in [0.5, 0.6) is 0 Å². The number of carbonyl (C=O) groups excluding carboxylic acids is 1. The summed E-state index contributed by atoms with van der Waals surface area (Å²) in [6.07, 6.45) is 5.28. The zero-order valence-corrected chi connectivity index (χ0v) is 14.0. The molecular weight excluding hydrogens is 288 g/mol. The summed E-state index contributed by atoms with van der Waals surface area (Å²) in [7, 11) is 0. The molecule has 0 unspecified atom stereocenters. The Labute approximate surface area is 138 Å². The van der Waals surface area contributed by atoms with Crippen molar-refractivity contribution in [3.63, 3.8) is 0 Å². The van der Waals surface area contributed by atoms with Crippen LogP contribution in [0.1, 0.15) is 37.8 Å². The van der Waals surface area contributed by atoms with E-state index < -0.39 is 5.41 Å². The van der Waals surface area contributed by atoms with Crippen molar-refractivity contribution in [1.82, 2.24) is 10.3 Å². The zero-order chi connectivity index (χ0) is 16.5. The van der Waals surface area contributed by atoms with E-state index in [0.717, 1.165) is 24.0 Å². The smallest absolute Gasteiger partial charge is 0.228 e. The van der Waals surface area contributed by atoms with Crippen molar-refractivity contribution in [2.75, 3.05) is 6.61 Å². The number of H-pyrrole nitrogens is 1. The van der Waals surface area contributed by atoms with E-state index in [9.17, 15) is 4.79 Å². The first-order valence-electron chi connectivity index (χ1n) is 8.22. The van der Waals surface area contributed by atoms with Crippen molar-refractivity contribution in [3.05, 3.63) is 59.9 Å². The molecule has 0 atom stereocenters. The Morgan fingerprint density at radius 1 is 1.13 bits per heavy atom. The van der Waals surface area contributed by atoms with Crippen LogP contribution in [0.4, 0.5) is 0 Å². The summed E-state index contributed by atoms with van der Waals surface area (Å²) in [5, 5.41) is 3.04. The number of carbonyl (C=O) groups is 1. The minimum absolute atomic E-state index is 0.0664. The highest BCUT2D eigenvalue weighted by Gasteiger charge is 2.35.